The number of aromatic nitrogens is 2. The molecule has 3 atom stereocenters. The maximum atomic E-state index is 14.1. The molecule has 46 heavy (non-hydrogen) atoms. The van der Waals surface area contributed by atoms with Crippen molar-refractivity contribution in [2.45, 2.75) is 135 Å². The van der Waals surface area contributed by atoms with Gasteiger partial charge in [-0.15, -0.1) is 0 Å². The van der Waals surface area contributed by atoms with Crippen LogP contribution in [0.4, 0.5) is 4.79 Å². The molecule has 2 fully saturated rings. The van der Waals surface area contributed by atoms with E-state index < -0.39 is 32.2 Å². The number of ketones is 1. The molecule has 1 aromatic heterocycles. The molecular weight excluding hydrogens is 690 g/mol. The molecule has 12 heteroatoms. The topological polar surface area (TPSA) is 92.1 Å². The lowest BCUT2D eigenvalue weighted by Crippen LogP contribution is -2.56. The molecule has 2 aromatic rings. The molecule has 2 aliphatic rings. The van der Waals surface area contributed by atoms with Crippen molar-refractivity contribution in [1.29, 1.82) is 0 Å². The molecule has 4 rings (SSSR count). The average Bonchev–Trinajstić information content (AvgIpc) is 3.22. The Morgan fingerprint density at radius 3 is 2.50 bits per heavy atom. The molecule has 0 spiro atoms. The fraction of sp³-hybridized carbons (Fsp3) is 0.735. The molecule has 0 aliphatic carbocycles. The summed E-state index contributed by atoms with van der Waals surface area (Å²) in [7, 11) is -2.38. The van der Waals surface area contributed by atoms with E-state index in [9.17, 15) is 9.59 Å². The second-order valence-corrected chi connectivity index (χ2v) is 21.1. The van der Waals surface area contributed by atoms with Crippen LogP contribution < -0.4 is 0 Å². The number of halogens is 2. The molecule has 258 valence electrons. The first-order valence-electron chi connectivity index (χ1n) is 16.7. The Bertz CT molecular complexity index is 1370. The number of nitrogens with zero attached hydrogens (tertiary/aromatic N) is 3. The van der Waals surface area contributed by atoms with Crippen molar-refractivity contribution >= 4 is 58.6 Å². The third kappa shape index (κ3) is 9.14. The Balaban J connectivity index is 1.49. The van der Waals surface area contributed by atoms with Crippen LogP contribution in [-0.2, 0) is 29.9 Å². The lowest BCUT2D eigenvalue weighted by atomic mass is 9.97. The molecule has 2 saturated heterocycles. The van der Waals surface area contributed by atoms with Crippen LogP contribution >= 0.6 is 27.5 Å². The number of carbonyl (C=O) groups is 2. The zero-order valence-electron chi connectivity index (χ0n) is 28.9. The van der Waals surface area contributed by atoms with Crippen LogP contribution in [0.5, 0.6) is 0 Å². The van der Waals surface area contributed by atoms with Crippen LogP contribution in [0.15, 0.2) is 16.7 Å². The lowest BCUT2D eigenvalue weighted by molar-refractivity contribution is -0.129. The van der Waals surface area contributed by atoms with E-state index in [1.807, 2.05) is 37.7 Å². The predicted octanol–water partition coefficient (Wildman–Crippen LogP) is 8.85. The lowest BCUT2D eigenvalue weighted by Gasteiger charge is -2.43. The number of benzene rings is 1. The van der Waals surface area contributed by atoms with Gasteiger partial charge in [0, 0.05) is 41.1 Å². The standard InChI is InChI=1S/C34H53BrClN3O6Si/c1-33(2,3)44-32(41)38-17-20-42-19-16-26(38)31(45-46(7,8)34(4,5)6)28(40)14-10-9-13-23-25(36)21-27-24(30(23)35)22-37-39(27)29-15-11-12-18-43-29/h21-22,26,29,31H,9-20H2,1-8H3. The maximum absolute atomic E-state index is 14.1. The monoisotopic (exact) mass is 741 g/mol. The number of ether oxygens (including phenoxy) is 3. The second-order valence-electron chi connectivity index (χ2n) is 15.1. The summed E-state index contributed by atoms with van der Waals surface area (Å²) in [6, 6.07) is 1.52. The van der Waals surface area contributed by atoms with Crippen molar-refractivity contribution < 1.29 is 28.2 Å². The van der Waals surface area contributed by atoms with Crippen LogP contribution in [0.25, 0.3) is 10.9 Å². The Morgan fingerprint density at radius 1 is 1.11 bits per heavy atom. The van der Waals surface area contributed by atoms with Crippen molar-refractivity contribution in [1.82, 2.24) is 14.7 Å². The third-order valence-corrected chi connectivity index (χ3v) is 15.1. The van der Waals surface area contributed by atoms with Gasteiger partial charge in [0.15, 0.2) is 20.3 Å². The summed E-state index contributed by atoms with van der Waals surface area (Å²) in [5.74, 6) is 0.0136. The molecule has 1 amide bonds. The Kier molecular flexibility index (Phi) is 12.5. The van der Waals surface area contributed by atoms with Crippen LogP contribution in [0, 0.1) is 0 Å². The maximum Gasteiger partial charge on any atom is 0.410 e. The van der Waals surface area contributed by atoms with E-state index in [1.165, 1.54) is 0 Å². The third-order valence-electron chi connectivity index (χ3n) is 9.37. The minimum atomic E-state index is -2.38. The molecule has 9 nitrogen and oxygen atoms in total. The van der Waals surface area contributed by atoms with Crippen LogP contribution in [0.3, 0.4) is 0 Å². The summed E-state index contributed by atoms with van der Waals surface area (Å²) in [4.78, 5) is 29.2. The zero-order valence-corrected chi connectivity index (χ0v) is 32.3. The first kappa shape index (κ1) is 37.3. The fourth-order valence-electron chi connectivity index (χ4n) is 5.78. The van der Waals surface area contributed by atoms with Gasteiger partial charge in [-0.05, 0) is 111 Å². The van der Waals surface area contributed by atoms with Crippen LogP contribution in [0.2, 0.25) is 23.2 Å². The zero-order chi connectivity index (χ0) is 33.9. The largest absolute Gasteiger partial charge is 0.444 e. The summed E-state index contributed by atoms with van der Waals surface area (Å²) in [6.45, 7) is 18.3. The molecular formula is C34H53BrClN3O6Si. The van der Waals surface area contributed by atoms with Gasteiger partial charge in [0.2, 0.25) is 0 Å². The number of unbranched alkanes of at least 4 members (excludes halogenated alkanes) is 1. The molecule has 0 saturated carbocycles. The highest BCUT2D eigenvalue weighted by atomic mass is 79.9. The molecule has 0 N–H and O–H groups in total. The highest BCUT2D eigenvalue weighted by Crippen LogP contribution is 2.39. The van der Waals surface area contributed by atoms with Crippen molar-refractivity contribution in [2.24, 2.45) is 0 Å². The summed E-state index contributed by atoms with van der Waals surface area (Å²) in [6.07, 6.45) is 6.74. The number of carbonyl (C=O) groups excluding carboxylic acids is 2. The Hall–Kier alpha value is -1.50. The predicted molar refractivity (Wildman–Crippen MR) is 188 cm³/mol. The number of rotatable bonds is 10. The van der Waals surface area contributed by atoms with E-state index in [4.69, 9.17) is 30.2 Å². The first-order valence-corrected chi connectivity index (χ1v) is 20.8. The van der Waals surface area contributed by atoms with Crippen molar-refractivity contribution in [3.8, 4) is 0 Å². The summed E-state index contributed by atoms with van der Waals surface area (Å²) >= 11 is 10.6. The van der Waals surface area contributed by atoms with Gasteiger partial charge in [-0.2, -0.15) is 5.10 Å². The van der Waals surface area contributed by atoms with E-state index in [0.717, 1.165) is 53.2 Å². The van der Waals surface area contributed by atoms with Crippen LogP contribution in [0.1, 0.15) is 98.3 Å². The van der Waals surface area contributed by atoms with Crippen molar-refractivity contribution in [3.63, 3.8) is 0 Å². The van der Waals surface area contributed by atoms with Crippen molar-refractivity contribution in [3.05, 3.63) is 27.3 Å². The van der Waals surface area contributed by atoms with E-state index >= 15 is 0 Å². The molecule has 0 bridgehead atoms. The number of fused-ring (bicyclic) bond motifs is 1. The van der Waals surface area contributed by atoms with E-state index in [0.29, 0.717) is 50.5 Å². The van der Waals surface area contributed by atoms with E-state index in [1.54, 1.807) is 4.90 Å². The van der Waals surface area contributed by atoms with Gasteiger partial charge in [0.25, 0.3) is 0 Å². The van der Waals surface area contributed by atoms with Gasteiger partial charge in [0.1, 0.15) is 11.7 Å². The first-order chi connectivity index (χ1) is 21.5. The number of amides is 1. The van der Waals surface area contributed by atoms with E-state index in [2.05, 4.69) is 54.9 Å². The average molecular weight is 743 g/mol. The van der Waals surface area contributed by atoms with Gasteiger partial charge in [-0.1, -0.05) is 32.4 Å². The quantitative estimate of drug-likeness (QED) is 0.177. The molecule has 1 aromatic carbocycles. The smallest absolute Gasteiger partial charge is 0.410 e. The second kappa shape index (κ2) is 15.4. The highest BCUT2D eigenvalue weighted by Gasteiger charge is 2.45. The summed E-state index contributed by atoms with van der Waals surface area (Å²) in [5.41, 5.74) is 1.31. The molecule has 3 unspecified atom stereocenters. The molecule has 3 heterocycles. The summed E-state index contributed by atoms with van der Waals surface area (Å²) < 4.78 is 27.2. The number of hydrogen-bond acceptors (Lipinski definition) is 7. The summed E-state index contributed by atoms with van der Waals surface area (Å²) in [5, 5.41) is 6.21. The SMILES string of the molecule is CC(C)(C)OC(=O)N1CCOCCC1C(O[Si](C)(C)C(C)(C)C)C(=O)CCCCc1c(Cl)cc2c(cnn2C2CCCCO2)c1Br. The van der Waals surface area contributed by atoms with Gasteiger partial charge in [0.05, 0.1) is 24.4 Å². The minimum Gasteiger partial charge on any atom is -0.444 e. The van der Waals surface area contributed by atoms with E-state index in [-0.39, 0.29) is 17.0 Å². The highest BCUT2D eigenvalue weighted by molar-refractivity contribution is 9.10. The normalized spacial score (nSPS) is 20.9. The number of hydrogen-bond donors (Lipinski definition) is 0. The number of Topliss-reactive ketones (excluding diaryl/α,β-unsaturated/α-hetero) is 1. The van der Waals surface area contributed by atoms with Crippen molar-refractivity contribution in [2.75, 3.05) is 26.4 Å². The molecule has 0 radical (unpaired) electrons. The van der Waals surface area contributed by atoms with Crippen LogP contribution in [-0.4, -0.2) is 79.0 Å². The van der Waals surface area contributed by atoms with Gasteiger partial charge in [-0.25, -0.2) is 9.48 Å². The van der Waals surface area contributed by atoms with Gasteiger partial charge < -0.3 is 18.6 Å². The fourth-order valence-corrected chi connectivity index (χ4v) is 8.18. The van der Waals surface area contributed by atoms with Gasteiger partial charge in [-0.3, -0.25) is 9.69 Å². The van der Waals surface area contributed by atoms with Gasteiger partial charge >= 0.3 is 6.09 Å². The Labute approximate surface area is 289 Å². The Morgan fingerprint density at radius 2 is 1.85 bits per heavy atom. The minimum absolute atomic E-state index is 0.0136. The molecule has 2 aliphatic heterocycles.